The summed E-state index contributed by atoms with van der Waals surface area (Å²) >= 11 is 0. The first kappa shape index (κ1) is 23.2. The number of Topliss-reactive ketones (excluding diaryl/α,β-unsaturated/α-hetero) is 1. The van der Waals surface area contributed by atoms with Crippen molar-refractivity contribution in [3.05, 3.63) is 65.2 Å². The standard InChI is InChI=1S/C24H30N2O4S/c1-17-5-7-18(8-6-17)22(27)19-13-15-26(16-14-19)23(28)20-9-11-21(12-10-20)31(29,30)25-24(2,3)4/h5-12,19,25H,13-16H2,1-4H3. The fraction of sp³-hybridized carbons (Fsp3) is 0.417. The van der Waals surface area contributed by atoms with Gasteiger partial charge in [0.25, 0.3) is 5.91 Å². The molecule has 1 fully saturated rings. The number of piperidine rings is 1. The lowest BCUT2D eigenvalue weighted by Crippen LogP contribution is -2.41. The van der Waals surface area contributed by atoms with Crippen molar-refractivity contribution in [2.45, 2.75) is 51.0 Å². The highest BCUT2D eigenvalue weighted by molar-refractivity contribution is 7.89. The summed E-state index contributed by atoms with van der Waals surface area (Å²) in [7, 11) is -3.64. The van der Waals surface area contributed by atoms with Crippen molar-refractivity contribution < 1.29 is 18.0 Å². The van der Waals surface area contributed by atoms with E-state index < -0.39 is 15.6 Å². The first-order chi connectivity index (χ1) is 14.5. The van der Waals surface area contributed by atoms with E-state index in [1.165, 1.54) is 12.1 Å². The lowest BCUT2D eigenvalue weighted by atomic mass is 9.88. The molecule has 1 saturated heterocycles. The van der Waals surface area contributed by atoms with E-state index >= 15 is 0 Å². The molecule has 1 amide bonds. The van der Waals surface area contributed by atoms with E-state index in [0.717, 1.165) is 11.1 Å². The number of amides is 1. The molecule has 0 aromatic heterocycles. The minimum absolute atomic E-state index is 0.0808. The Labute approximate surface area is 184 Å². The molecule has 0 spiro atoms. The summed E-state index contributed by atoms with van der Waals surface area (Å²) in [6.07, 6.45) is 1.25. The van der Waals surface area contributed by atoms with E-state index in [1.807, 2.05) is 31.2 Å². The highest BCUT2D eigenvalue weighted by Crippen LogP contribution is 2.24. The Morgan fingerprint density at radius 2 is 1.42 bits per heavy atom. The lowest BCUT2D eigenvalue weighted by molar-refractivity contribution is 0.0650. The highest BCUT2D eigenvalue weighted by Gasteiger charge is 2.29. The van der Waals surface area contributed by atoms with Crippen molar-refractivity contribution in [2.75, 3.05) is 13.1 Å². The fourth-order valence-electron chi connectivity index (χ4n) is 3.72. The Hall–Kier alpha value is -2.51. The Balaban J connectivity index is 1.62. The van der Waals surface area contributed by atoms with E-state index in [2.05, 4.69) is 4.72 Å². The predicted octanol–water partition coefficient (Wildman–Crippen LogP) is 3.81. The first-order valence-electron chi connectivity index (χ1n) is 10.5. The maximum atomic E-state index is 12.8. The van der Waals surface area contributed by atoms with Crippen molar-refractivity contribution in [1.82, 2.24) is 9.62 Å². The largest absolute Gasteiger partial charge is 0.339 e. The van der Waals surface area contributed by atoms with Crippen molar-refractivity contribution >= 4 is 21.7 Å². The van der Waals surface area contributed by atoms with E-state index in [4.69, 9.17) is 0 Å². The second kappa shape index (κ2) is 8.93. The van der Waals surface area contributed by atoms with Crippen molar-refractivity contribution in [3.63, 3.8) is 0 Å². The Kier molecular flexibility index (Phi) is 6.67. The molecule has 0 atom stereocenters. The minimum atomic E-state index is -3.64. The first-order valence-corrected chi connectivity index (χ1v) is 12.0. The van der Waals surface area contributed by atoms with Gasteiger partial charge in [0.2, 0.25) is 10.0 Å². The molecule has 0 saturated carbocycles. The fourth-order valence-corrected chi connectivity index (χ4v) is 5.14. The van der Waals surface area contributed by atoms with Crippen LogP contribution in [0, 0.1) is 12.8 Å². The molecule has 7 heteroatoms. The van der Waals surface area contributed by atoms with Gasteiger partial charge in [-0.1, -0.05) is 29.8 Å². The smallest absolute Gasteiger partial charge is 0.253 e. The van der Waals surface area contributed by atoms with Crippen LogP contribution in [0.5, 0.6) is 0 Å². The number of nitrogens with one attached hydrogen (secondary N) is 1. The van der Waals surface area contributed by atoms with Gasteiger partial charge in [0, 0.05) is 35.7 Å². The Bertz CT molecular complexity index is 1040. The van der Waals surface area contributed by atoms with Crippen LogP contribution in [0.25, 0.3) is 0 Å². The van der Waals surface area contributed by atoms with Gasteiger partial charge in [0.1, 0.15) is 0 Å². The average Bonchev–Trinajstić information content (AvgIpc) is 2.72. The molecule has 0 unspecified atom stereocenters. The monoisotopic (exact) mass is 442 g/mol. The minimum Gasteiger partial charge on any atom is -0.339 e. The van der Waals surface area contributed by atoms with Crippen molar-refractivity contribution in [3.8, 4) is 0 Å². The molecule has 6 nitrogen and oxygen atoms in total. The van der Waals surface area contributed by atoms with Crippen LogP contribution in [0.2, 0.25) is 0 Å². The predicted molar refractivity (Wildman–Crippen MR) is 121 cm³/mol. The van der Waals surface area contributed by atoms with Crippen LogP contribution in [0.4, 0.5) is 0 Å². The van der Waals surface area contributed by atoms with Gasteiger partial charge in [-0.25, -0.2) is 13.1 Å². The number of likely N-dealkylation sites (tertiary alicyclic amines) is 1. The Morgan fingerprint density at radius 1 is 0.903 bits per heavy atom. The topological polar surface area (TPSA) is 83.6 Å². The van der Waals surface area contributed by atoms with Crippen LogP contribution in [0.15, 0.2) is 53.4 Å². The molecular weight excluding hydrogens is 412 g/mol. The quantitative estimate of drug-likeness (QED) is 0.714. The van der Waals surface area contributed by atoms with Gasteiger partial charge in [0.15, 0.2) is 5.78 Å². The normalized spacial score (nSPS) is 15.7. The molecule has 1 heterocycles. The van der Waals surface area contributed by atoms with Crippen LogP contribution in [-0.2, 0) is 10.0 Å². The van der Waals surface area contributed by atoms with E-state index in [0.29, 0.717) is 31.5 Å². The molecule has 1 aliphatic heterocycles. The molecule has 1 N–H and O–H groups in total. The van der Waals surface area contributed by atoms with Gasteiger partial charge < -0.3 is 4.90 Å². The zero-order valence-electron chi connectivity index (χ0n) is 18.5. The van der Waals surface area contributed by atoms with E-state index in [-0.39, 0.29) is 22.5 Å². The summed E-state index contributed by atoms with van der Waals surface area (Å²) < 4.78 is 27.5. The molecular formula is C24H30N2O4S. The summed E-state index contributed by atoms with van der Waals surface area (Å²) in [5.41, 5.74) is 1.69. The van der Waals surface area contributed by atoms with Gasteiger partial charge >= 0.3 is 0 Å². The summed E-state index contributed by atoms with van der Waals surface area (Å²) in [6, 6.07) is 13.6. The SMILES string of the molecule is Cc1ccc(C(=O)C2CCN(C(=O)c3ccc(S(=O)(=O)NC(C)(C)C)cc3)CC2)cc1. The Morgan fingerprint density at radius 3 is 1.94 bits per heavy atom. The maximum Gasteiger partial charge on any atom is 0.253 e. The molecule has 0 aliphatic carbocycles. The van der Waals surface area contributed by atoms with Crippen LogP contribution in [0.1, 0.15) is 59.9 Å². The summed E-state index contributed by atoms with van der Waals surface area (Å²) in [6.45, 7) is 8.32. The summed E-state index contributed by atoms with van der Waals surface area (Å²) in [5, 5.41) is 0. The number of nitrogens with zero attached hydrogens (tertiary/aromatic N) is 1. The summed E-state index contributed by atoms with van der Waals surface area (Å²) in [5.74, 6) is -0.0929. The zero-order chi connectivity index (χ0) is 22.8. The van der Waals surface area contributed by atoms with Crippen LogP contribution in [-0.4, -0.2) is 43.6 Å². The average molecular weight is 443 g/mol. The second-order valence-electron chi connectivity index (χ2n) is 9.18. The van der Waals surface area contributed by atoms with Gasteiger partial charge in [0.05, 0.1) is 4.90 Å². The van der Waals surface area contributed by atoms with Gasteiger partial charge in [-0.15, -0.1) is 0 Å². The van der Waals surface area contributed by atoms with Crippen LogP contribution < -0.4 is 4.72 Å². The molecule has 31 heavy (non-hydrogen) atoms. The second-order valence-corrected chi connectivity index (χ2v) is 10.9. The number of sulfonamides is 1. The lowest BCUT2D eigenvalue weighted by Gasteiger charge is -2.31. The number of rotatable bonds is 5. The number of hydrogen-bond acceptors (Lipinski definition) is 4. The third kappa shape index (κ3) is 5.80. The van der Waals surface area contributed by atoms with Gasteiger partial charge in [-0.2, -0.15) is 0 Å². The molecule has 2 aromatic rings. The number of ketones is 1. The van der Waals surface area contributed by atoms with E-state index in [9.17, 15) is 18.0 Å². The number of carbonyl (C=O) groups excluding carboxylic acids is 2. The highest BCUT2D eigenvalue weighted by atomic mass is 32.2. The van der Waals surface area contributed by atoms with Gasteiger partial charge in [-0.05, 0) is 64.8 Å². The molecule has 3 rings (SSSR count). The third-order valence-electron chi connectivity index (χ3n) is 5.34. The maximum absolute atomic E-state index is 12.8. The number of carbonyl (C=O) groups is 2. The summed E-state index contributed by atoms with van der Waals surface area (Å²) in [4.78, 5) is 27.4. The van der Waals surface area contributed by atoms with Crippen LogP contribution in [0.3, 0.4) is 0 Å². The number of benzene rings is 2. The molecule has 166 valence electrons. The van der Waals surface area contributed by atoms with Gasteiger partial charge in [-0.3, -0.25) is 9.59 Å². The third-order valence-corrected chi connectivity index (χ3v) is 7.12. The van der Waals surface area contributed by atoms with Crippen molar-refractivity contribution in [2.24, 2.45) is 5.92 Å². The molecule has 1 aliphatic rings. The van der Waals surface area contributed by atoms with Crippen molar-refractivity contribution in [1.29, 1.82) is 0 Å². The van der Waals surface area contributed by atoms with Crippen LogP contribution >= 0.6 is 0 Å². The number of hydrogen-bond donors (Lipinski definition) is 1. The molecule has 0 radical (unpaired) electrons. The zero-order valence-corrected chi connectivity index (χ0v) is 19.3. The molecule has 0 bridgehead atoms. The number of aryl methyl sites for hydroxylation is 1. The van der Waals surface area contributed by atoms with E-state index in [1.54, 1.807) is 37.8 Å². The molecule has 2 aromatic carbocycles.